The lowest BCUT2D eigenvalue weighted by atomic mass is 9.93. The van der Waals surface area contributed by atoms with Gasteiger partial charge in [0.1, 0.15) is 5.82 Å². The average Bonchev–Trinajstić information content (AvgIpc) is 2.22. The largest absolute Gasteiger partial charge is 0.349 e. The van der Waals surface area contributed by atoms with Crippen molar-refractivity contribution in [2.24, 2.45) is 0 Å². The van der Waals surface area contributed by atoms with E-state index in [-0.39, 0.29) is 16.5 Å². The van der Waals surface area contributed by atoms with Gasteiger partial charge in [-0.1, -0.05) is 0 Å². The second-order valence-electron chi connectivity index (χ2n) is 4.18. The summed E-state index contributed by atoms with van der Waals surface area (Å²) in [7, 11) is 1.18. The number of hydrogen-bond acceptors (Lipinski definition) is 3. The third-order valence-electron chi connectivity index (χ3n) is 2.90. The molecule has 1 fully saturated rings. The highest BCUT2D eigenvalue weighted by Crippen LogP contribution is 2.21. The Hall–Kier alpha value is -1.14. The molecule has 0 radical (unpaired) electrons. The molecule has 7 heteroatoms. The van der Waals surface area contributed by atoms with Crippen molar-refractivity contribution in [2.75, 3.05) is 0 Å². The zero-order valence-electron chi connectivity index (χ0n) is 9.32. The molecule has 1 aromatic rings. The van der Waals surface area contributed by atoms with Gasteiger partial charge in [-0.05, 0) is 37.5 Å². The molecule has 1 amide bonds. The van der Waals surface area contributed by atoms with Gasteiger partial charge >= 0.3 is 0 Å². The van der Waals surface area contributed by atoms with Crippen LogP contribution in [0.1, 0.15) is 29.6 Å². The minimum Gasteiger partial charge on any atom is -0.349 e. The minimum atomic E-state index is -3.97. The number of hydrogen-bond donors (Lipinski definition) is 1. The van der Waals surface area contributed by atoms with Crippen LogP contribution in [0.15, 0.2) is 23.1 Å². The van der Waals surface area contributed by atoms with E-state index in [0.717, 1.165) is 37.5 Å². The molecule has 4 nitrogen and oxygen atoms in total. The number of amides is 1. The normalized spacial score (nSPS) is 16.1. The molecule has 2 rings (SSSR count). The van der Waals surface area contributed by atoms with E-state index in [1.165, 1.54) is 0 Å². The van der Waals surface area contributed by atoms with Gasteiger partial charge in [0.25, 0.3) is 15.0 Å². The van der Waals surface area contributed by atoms with Gasteiger partial charge in [-0.3, -0.25) is 4.79 Å². The molecule has 1 aliphatic rings. The van der Waals surface area contributed by atoms with E-state index < -0.39 is 20.8 Å². The van der Waals surface area contributed by atoms with E-state index in [0.29, 0.717) is 0 Å². The first kappa shape index (κ1) is 13.3. The predicted octanol–water partition coefficient (Wildman–Crippen LogP) is 2.04. The van der Waals surface area contributed by atoms with E-state index in [4.69, 9.17) is 10.7 Å². The van der Waals surface area contributed by atoms with Crippen LogP contribution in [-0.2, 0) is 9.05 Å². The van der Waals surface area contributed by atoms with E-state index in [1.807, 2.05) is 0 Å². The van der Waals surface area contributed by atoms with Crippen molar-refractivity contribution < 1.29 is 17.6 Å². The van der Waals surface area contributed by atoms with Gasteiger partial charge in [0, 0.05) is 16.7 Å². The molecule has 0 heterocycles. The topological polar surface area (TPSA) is 63.2 Å². The van der Waals surface area contributed by atoms with Crippen LogP contribution in [0.5, 0.6) is 0 Å². The Morgan fingerprint density at radius 2 is 2.06 bits per heavy atom. The van der Waals surface area contributed by atoms with Gasteiger partial charge < -0.3 is 5.32 Å². The molecule has 0 unspecified atom stereocenters. The summed E-state index contributed by atoms with van der Waals surface area (Å²) >= 11 is 0. The van der Waals surface area contributed by atoms with Crippen LogP contribution >= 0.6 is 10.7 Å². The summed E-state index contributed by atoms with van der Waals surface area (Å²) in [4.78, 5) is 11.5. The minimum absolute atomic E-state index is 0.0492. The first-order valence-corrected chi connectivity index (χ1v) is 7.74. The Morgan fingerprint density at radius 3 is 2.56 bits per heavy atom. The van der Waals surface area contributed by atoms with Gasteiger partial charge in [0.15, 0.2) is 0 Å². The Bertz CT molecular complexity index is 584. The second-order valence-corrected chi connectivity index (χ2v) is 6.75. The number of halogens is 2. The summed E-state index contributed by atoms with van der Waals surface area (Å²) in [5, 5.41) is 2.64. The van der Waals surface area contributed by atoms with Crippen molar-refractivity contribution in [3.8, 4) is 0 Å². The first-order chi connectivity index (χ1) is 8.38. The maximum Gasteiger partial charge on any atom is 0.261 e. The monoisotopic (exact) mass is 291 g/mol. The van der Waals surface area contributed by atoms with Gasteiger partial charge in [-0.2, -0.15) is 0 Å². The van der Waals surface area contributed by atoms with Crippen molar-refractivity contribution in [3.63, 3.8) is 0 Å². The lowest BCUT2D eigenvalue weighted by molar-refractivity contribution is 0.0912. The summed E-state index contributed by atoms with van der Waals surface area (Å²) in [6.45, 7) is 0. The molecule has 1 N–H and O–H groups in total. The van der Waals surface area contributed by atoms with Gasteiger partial charge in [-0.15, -0.1) is 0 Å². The van der Waals surface area contributed by atoms with Crippen molar-refractivity contribution >= 4 is 25.6 Å². The molecule has 1 saturated carbocycles. The number of carbonyl (C=O) groups is 1. The maximum atomic E-state index is 13.5. The fourth-order valence-electron chi connectivity index (χ4n) is 1.65. The summed E-state index contributed by atoms with van der Waals surface area (Å²) in [6.07, 6.45) is 2.76. The third-order valence-corrected chi connectivity index (χ3v) is 4.26. The highest BCUT2D eigenvalue weighted by molar-refractivity contribution is 8.13. The molecule has 1 aromatic carbocycles. The molecule has 0 spiro atoms. The molecule has 0 aliphatic heterocycles. The van der Waals surface area contributed by atoms with Crippen molar-refractivity contribution in [3.05, 3.63) is 29.6 Å². The van der Waals surface area contributed by atoms with Gasteiger partial charge in [-0.25, -0.2) is 12.8 Å². The standard InChI is InChI=1S/C11H11ClFNO3S/c12-18(16,17)8-4-5-10(13)9(6-8)11(15)14-7-2-1-3-7/h4-7H,1-3H2,(H,14,15). The van der Waals surface area contributed by atoms with E-state index in [9.17, 15) is 17.6 Å². The first-order valence-electron chi connectivity index (χ1n) is 5.43. The zero-order chi connectivity index (χ0) is 13.3. The molecule has 0 saturated heterocycles. The summed E-state index contributed by atoms with van der Waals surface area (Å²) in [5.41, 5.74) is -0.302. The average molecular weight is 292 g/mol. The molecular weight excluding hydrogens is 281 g/mol. The number of rotatable bonds is 3. The third kappa shape index (κ3) is 2.81. The summed E-state index contributed by atoms with van der Waals surface area (Å²) < 4.78 is 35.7. The van der Waals surface area contributed by atoms with Gasteiger partial charge in [0.05, 0.1) is 10.5 Å². The smallest absolute Gasteiger partial charge is 0.261 e. The zero-order valence-corrected chi connectivity index (χ0v) is 10.9. The highest BCUT2D eigenvalue weighted by Gasteiger charge is 2.23. The van der Waals surface area contributed by atoms with Crippen LogP contribution in [0.4, 0.5) is 4.39 Å². The number of nitrogens with one attached hydrogen (secondary N) is 1. The van der Waals surface area contributed by atoms with Crippen LogP contribution < -0.4 is 5.32 Å². The summed E-state index contributed by atoms with van der Waals surface area (Å²) in [5.74, 6) is -1.38. The molecule has 1 aliphatic carbocycles. The quantitative estimate of drug-likeness (QED) is 0.867. The maximum absolute atomic E-state index is 13.5. The number of carbonyl (C=O) groups excluding carboxylic acids is 1. The molecule has 0 aromatic heterocycles. The SMILES string of the molecule is O=C(NC1CCC1)c1cc(S(=O)(=O)Cl)ccc1F. The lowest BCUT2D eigenvalue weighted by Crippen LogP contribution is -2.39. The fourth-order valence-corrected chi connectivity index (χ4v) is 2.42. The van der Waals surface area contributed by atoms with Crippen LogP contribution in [-0.4, -0.2) is 20.4 Å². The lowest BCUT2D eigenvalue weighted by Gasteiger charge is -2.26. The fraction of sp³-hybridized carbons (Fsp3) is 0.364. The van der Waals surface area contributed by atoms with Crippen LogP contribution in [0.3, 0.4) is 0 Å². The molecule has 0 atom stereocenters. The molecule has 98 valence electrons. The highest BCUT2D eigenvalue weighted by atomic mass is 35.7. The van der Waals surface area contributed by atoms with E-state index >= 15 is 0 Å². The number of benzene rings is 1. The molecular formula is C11H11ClFNO3S. The van der Waals surface area contributed by atoms with Crippen molar-refractivity contribution in [1.29, 1.82) is 0 Å². The molecule has 0 bridgehead atoms. The Labute approximate surface area is 109 Å². The van der Waals surface area contributed by atoms with Gasteiger partial charge in [0.2, 0.25) is 0 Å². The summed E-state index contributed by atoms with van der Waals surface area (Å²) in [6, 6.07) is 2.95. The Morgan fingerprint density at radius 1 is 1.39 bits per heavy atom. The van der Waals surface area contributed by atoms with Crippen LogP contribution in [0.2, 0.25) is 0 Å². The van der Waals surface area contributed by atoms with Crippen LogP contribution in [0, 0.1) is 5.82 Å². The Balaban J connectivity index is 2.28. The molecule has 18 heavy (non-hydrogen) atoms. The van der Waals surface area contributed by atoms with Crippen molar-refractivity contribution in [1.82, 2.24) is 5.32 Å². The van der Waals surface area contributed by atoms with E-state index in [2.05, 4.69) is 5.32 Å². The second kappa shape index (κ2) is 4.85. The van der Waals surface area contributed by atoms with Crippen LogP contribution in [0.25, 0.3) is 0 Å². The van der Waals surface area contributed by atoms with Crippen molar-refractivity contribution in [2.45, 2.75) is 30.2 Å². The Kier molecular flexibility index (Phi) is 3.59. The van der Waals surface area contributed by atoms with E-state index in [1.54, 1.807) is 0 Å². The predicted molar refractivity (Wildman–Crippen MR) is 64.5 cm³/mol.